The Morgan fingerprint density at radius 1 is 1.00 bits per heavy atom. The van der Waals surface area contributed by atoms with E-state index in [4.69, 9.17) is 9.47 Å². The smallest absolute Gasteiger partial charge is 0.272 e. The molecule has 0 radical (unpaired) electrons. The zero-order chi connectivity index (χ0) is 21.5. The maximum atomic E-state index is 12.9. The third kappa shape index (κ3) is 5.49. The standard InChI is InChI=1S/C22H19BrN2O4S/c1-28-18-10-5-14(13-19(18)29-2)12-17(25-22(27)20-4-3-11-30-20)21(26)24-16-8-6-15(23)7-9-16/h3-13H,1-2H3,(H,24,26)(H,25,27)/b17-12-. The molecule has 3 aromatic rings. The summed E-state index contributed by atoms with van der Waals surface area (Å²) in [5.74, 6) is 0.279. The number of carbonyl (C=O) groups excluding carboxylic acids is 2. The van der Waals surface area contributed by atoms with Gasteiger partial charge < -0.3 is 20.1 Å². The largest absolute Gasteiger partial charge is 0.493 e. The molecule has 3 rings (SSSR count). The molecule has 0 fully saturated rings. The maximum absolute atomic E-state index is 12.9. The van der Waals surface area contributed by atoms with Gasteiger partial charge in [0.15, 0.2) is 11.5 Å². The van der Waals surface area contributed by atoms with Gasteiger partial charge in [-0.2, -0.15) is 0 Å². The Hall–Kier alpha value is -3.10. The fourth-order valence-corrected chi connectivity index (χ4v) is 3.47. The highest BCUT2D eigenvalue weighted by Crippen LogP contribution is 2.28. The van der Waals surface area contributed by atoms with Crippen LogP contribution in [0.3, 0.4) is 0 Å². The van der Waals surface area contributed by atoms with Gasteiger partial charge in [0.05, 0.1) is 19.1 Å². The highest BCUT2D eigenvalue weighted by atomic mass is 79.9. The van der Waals surface area contributed by atoms with Crippen molar-refractivity contribution in [2.45, 2.75) is 0 Å². The van der Waals surface area contributed by atoms with Gasteiger partial charge >= 0.3 is 0 Å². The Balaban J connectivity index is 1.91. The molecule has 0 spiro atoms. The molecule has 0 atom stereocenters. The Morgan fingerprint density at radius 3 is 2.37 bits per heavy atom. The summed E-state index contributed by atoms with van der Waals surface area (Å²) < 4.78 is 11.5. The van der Waals surface area contributed by atoms with E-state index in [1.807, 2.05) is 12.1 Å². The number of methoxy groups -OCH3 is 2. The van der Waals surface area contributed by atoms with Gasteiger partial charge in [-0.15, -0.1) is 11.3 Å². The van der Waals surface area contributed by atoms with Crippen LogP contribution in [0.4, 0.5) is 5.69 Å². The van der Waals surface area contributed by atoms with Gasteiger partial charge in [0.25, 0.3) is 11.8 Å². The first kappa shape index (κ1) is 21.6. The second-order valence-corrected chi connectivity index (χ2v) is 7.93. The quantitative estimate of drug-likeness (QED) is 0.463. The van der Waals surface area contributed by atoms with Crippen LogP contribution in [0.15, 0.2) is 70.1 Å². The summed E-state index contributed by atoms with van der Waals surface area (Å²) in [6.07, 6.45) is 1.58. The maximum Gasteiger partial charge on any atom is 0.272 e. The zero-order valence-electron chi connectivity index (χ0n) is 16.3. The van der Waals surface area contributed by atoms with Crippen molar-refractivity contribution in [1.29, 1.82) is 0 Å². The molecule has 0 saturated carbocycles. The molecule has 1 aromatic heterocycles. The highest BCUT2D eigenvalue weighted by Gasteiger charge is 2.16. The van der Waals surface area contributed by atoms with Crippen LogP contribution in [0.5, 0.6) is 11.5 Å². The van der Waals surface area contributed by atoms with Crippen molar-refractivity contribution in [3.05, 3.63) is 80.6 Å². The molecule has 2 aromatic carbocycles. The number of anilines is 1. The number of benzene rings is 2. The van der Waals surface area contributed by atoms with Gasteiger partial charge in [-0.1, -0.05) is 28.1 Å². The first-order chi connectivity index (χ1) is 14.5. The summed E-state index contributed by atoms with van der Waals surface area (Å²) >= 11 is 4.66. The van der Waals surface area contributed by atoms with E-state index >= 15 is 0 Å². The number of nitrogens with one attached hydrogen (secondary N) is 2. The van der Waals surface area contributed by atoms with Crippen LogP contribution >= 0.6 is 27.3 Å². The summed E-state index contributed by atoms with van der Waals surface area (Å²) in [6.45, 7) is 0. The molecule has 8 heteroatoms. The van der Waals surface area contributed by atoms with Crippen molar-refractivity contribution in [2.75, 3.05) is 19.5 Å². The van der Waals surface area contributed by atoms with E-state index in [9.17, 15) is 9.59 Å². The number of halogens is 1. The normalized spacial score (nSPS) is 11.0. The molecule has 0 aliphatic heterocycles. The lowest BCUT2D eigenvalue weighted by molar-refractivity contribution is -0.113. The highest BCUT2D eigenvalue weighted by molar-refractivity contribution is 9.10. The minimum absolute atomic E-state index is 0.100. The summed E-state index contributed by atoms with van der Waals surface area (Å²) in [6, 6.07) is 15.9. The molecule has 1 heterocycles. The van der Waals surface area contributed by atoms with Crippen LogP contribution in [0.1, 0.15) is 15.2 Å². The molecule has 30 heavy (non-hydrogen) atoms. The van der Waals surface area contributed by atoms with Crippen molar-refractivity contribution < 1.29 is 19.1 Å². The minimum atomic E-state index is -0.447. The Labute approximate surface area is 186 Å². The van der Waals surface area contributed by atoms with E-state index in [1.165, 1.54) is 18.4 Å². The lowest BCUT2D eigenvalue weighted by atomic mass is 10.1. The van der Waals surface area contributed by atoms with E-state index in [-0.39, 0.29) is 11.6 Å². The number of hydrogen-bond acceptors (Lipinski definition) is 5. The van der Waals surface area contributed by atoms with E-state index in [1.54, 1.807) is 61.0 Å². The SMILES string of the molecule is COc1ccc(/C=C(\NC(=O)c2cccs2)C(=O)Nc2ccc(Br)cc2)cc1OC. The van der Waals surface area contributed by atoms with Crippen molar-refractivity contribution in [1.82, 2.24) is 5.32 Å². The predicted octanol–water partition coefficient (Wildman–Crippen LogP) is 4.94. The van der Waals surface area contributed by atoms with Crippen LogP contribution < -0.4 is 20.1 Å². The summed E-state index contributed by atoms with van der Waals surface area (Å²) in [4.78, 5) is 26.0. The summed E-state index contributed by atoms with van der Waals surface area (Å²) in [7, 11) is 3.08. The fraction of sp³-hybridized carbons (Fsp3) is 0.0909. The third-order valence-electron chi connectivity index (χ3n) is 4.06. The van der Waals surface area contributed by atoms with Gasteiger partial charge in [0, 0.05) is 10.2 Å². The number of thiophene rings is 1. The topological polar surface area (TPSA) is 76.7 Å². The zero-order valence-corrected chi connectivity index (χ0v) is 18.7. The molecular formula is C22H19BrN2O4S. The molecule has 0 aliphatic rings. The molecule has 0 unspecified atom stereocenters. The van der Waals surface area contributed by atoms with Gasteiger partial charge in [-0.3, -0.25) is 9.59 Å². The van der Waals surface area contributed by atoms with Crippen LogP contribution in [0, 0.1) is 0 Å². The lowest BCUT2D eigenvalue weighted by Gasteiger charge is -2.12. The minimum Gasteiger partial charge on any atom is -0.493 e. The van der Waals surface area contributed by atoms with Crippen LogP contribution in [-0.2, 0) is 4.79 Å². The van der Waals surface area contributed by atoms with Crippen molar-refractivity contribution >= 4 is 50.8 Å². The lowest BCUT2D eigenvalue weighted by Crippen LogP contribution is -2.30. The number of ether oxygens (including phenoxy) is 2. The molecule has 2 amide bonds. The van der Waals surface area contributed by atoms with Gasteiger partial charge in [-0.25, -0.2) is 0 Å². The second-order valence-electron chi connectivity index (χ2n) is 6.06. The Bertz CT molecular complexity index is 1060. The molecule has 6 nitrogen and oxygen atoms in total. The van der Waals surface area contributed by atoms with E-state index in [0.29, 0.717) is 27.6 Å². The van der Waals surface area contributed by atoms with E-state index < -0.39 is 5.91 Å². The monoisotopic (exact) mass is 486 g/mol. The van der Waals surface area contributed by atoms with E-state index in [2.05, 4.69) is 26.6 Å². The van der Waals surface area contributed by atoms with Gasteiger partial charge in [0.2, 0.25) is 0 Å². The van der Waals surface area contributed by atoms with Crippen molar-refractivity contribution in [2.24, 2.45) is 0 Å². The third-order valence-corrected chi connectivity index (χ3v) is 5.46. The molecule has 0 bridgehead atoms. The fourth-order valence-electron chi connectivity index (χ4n) is 2.59. The first-order valence-electron chi connectivity index (χ1n) is 8.85. The Morgan fingerprint density at radius 2 is 1.73 bits per heavy atom. The van der Waals surface area contributed by atoms with Crippen molar-refractivity contribution in [3.63, 3.8) is 0 Å². The van der Waals surface area contributed by atoms with E-state index in [0.717, 1.165) is 4.47 Å². The molecule has 2 N–H and O–H groups in total. The average Bonchev–Trinajstić information content (AvgIpc) is 3.30. The van der Waals surface area contributed by atoms with Gasteiger partial charge in [0.1, 0.15) is 5.70 Å². The summed E-state index contributed by atoms with van der Waals surface area (Å²) in [5, 5.41) is 7.30. The summed E-state index contributed by atoms with van der Waals surface area (Å²) in [5.41, 5.74) is 1.37. The van der Waals surface area contributed by atoms with Crippen LogP contribution in [-0.4, -0.2) is 26.0 Å². The predicted molar refractivity (Wildman–Crippen MR) is 122 cm³/mol. The Kier molecular flexibility index (Phi) is 7.26. The molecule has 0 saturated heterocycles. The van der Waals surface area contributed by atoms with Crippen LogP contribution in [0.2, 0.25) is 0 Å². The first-order valence-corrected chi connectivity index (χ1v) is 10.5. The second kappa shape index (κ2) is 10.1. The number of amides is 2. The average molecular weight is 487 g/mol. The molecule has 154 valence electrons. The van der Waals surface area contributed by atoms with Gasteiger partial charge in [-0.05, 0) is 59.5 Å². The molecule has 0 aliphatic carbocycles. The number of carbonyl (C=O) groups is 2. The van der Waals surface area contributed by atoms with Crippen molar-refractivity contribution in [3.8, 4) is 11.5 Å². The van der Waals surface area contributed by atoms with Crippen LogP contribution in [0.25, 0.3) is 6.08 Å². The number of rotatable bonds is 7. The number of hydrogen-bond donors (Lipinski definition) is 2. The molecular weight excluding hydrogens is 468 g/mol.